The van der Waals surface area contributed by atoms with Crippen molar-refractivity contribution in [2.24, 2.45) is 0 Å². The number of aromatic nitrogens is 1. The number of carbonyl (C=O) groups excluding carboxylic acids is 1. The molecule has 1 aliphatic heterocycles. The summed E-state index contributed by atoms with van der Waals surface area (Å²) in [6, 6.07) is 6.31. The van der Waals surface area contributed by atoms with Gasteiger partial charge in [0.25, 0.3) is 0 Å². The van der Waals surface area contributed by atoms with Gasteiger partial charge in [0.1, 0.15) is 5.03 Å². The van der Waals surface area contributed by atoms with Crippen molar-refractivity contribution in [3.05, 3.63) is 23.8 Å². The highest BCUT2D eigenvalue weighted by Gasteiger charge is 2.18. The molecule has 5 nitrogen and oxygen atoms in total. The van der Waals surface area contributed by atoms with Gasteiger partial charge >= 0.3 is 0 Å². The van der Waals surface area contributed by atoms with E-state index in [1.807, 2.05) is 19.1 Å². The first-order valence-corrected chi connectivity index (χ1v) is 9.31. The summed E-state index contributed by atoms with van der Waals surface area (Å²) < 4.78 is 10.8. The zero-order valence-electron chi connectivity index (χ0n) is 13.6. The lowest BCUT2D eigenvalue weighted by Gasteiger charge is -2.12. The van der Waals surface area contributed by atoms with Crippen molar-refractivity contribution >= 4 is 28.6 Å². The lowest BCUT2D eigenvalue weighted by Crippen LogP contribution is -2.33. The second-order valence-electron chi connectivity index (χ2n) is 6.35. The molecule has 2 heterocycles. The highest BCUT2D eigenvalue weighted by molar-refractivity contribution is 7.99. The minimum Gasteiger partial charge on any atom is -0.454 e. The average Bonchev–Trinajstić information content (AvgIpc) is 3.22. The van der Waals surface area contributed by atoms with Gasteiger partial charge in [-0.2, -0.15) is 0 Å². The van der Waals surface area contributed by atoms with Gasteiger partial charge < -0.3 is 14.8 Å². The minimum atomic E-state index is 0.0962. The van der Waals surface area contributed by atoms with Gasteiger partial charge in [0.2, 0.25) is 12.7 Å². The Kier molecular flexibility index (Phi) is 4.22. The molecule has 0 bridgehead atoms. The quantitative estimate of drug-likeness (QED) is 0.861. The van der Waals surface area contributed by atoms with E-state index in [0.29, 0.717) is 11.8 Å². The van der Waals surface area contributed by atoms with Crippen LogP contribution < -0.4 is 14.8 Å². The van der Waals surface area contributed by atoms with Crippen LogP contribution in [-0.4, -0.2) is 29.5 Å². The van der Waals surface area contributed by atoms with Crippen LogP contribution in [0.15, 0.2) is 23.2 Å². The molecule has 6 heteroatoms. The number of thioether (sulfide) groups is 1. The summed E-state index contributed by atoms with van der Waals surface area (Å²) in [5.74, 6) is 1.99. The van der Waals surface area contributed by atoms with Crippen LogP contribution in [0, 0.1) is 6.92 Å². The highest BCUT2D eigenvalue weighted by atomic mass is 32.2. The van der Waals surface area contributed by atoms with Gasteiger partial charge in [-0.15, -0.1) is 0 Å². The number of rotatable bonds is 4. The van der Waals surface area contributed by atoms with Crippen molar-refractivity contribution < 1.29 is 14.3 Å². The maximum Gasteiger partial charge on any atom is 0.231 e. The van der Waals surface area contributed by atoms with Crippen molar-refractivity contribution in [2.75, 3.05) is 12.5 Å². The predicted octanol–water partition coefficient (Wildman–Crippen LogP) is 3.42. The highest BCUT2D eigenvalue weighted by Crippen LogP contribution is 2.36. The molecule has 4 rings (SSSR count). The molecule has 2 aromatic rings. The van der Waals surface area contributed by atoms with Crippen molar-refractivity contribution in [2.45, 2.75) is 43.7 Å². The molecule has 0 spiro atoms. The van der Waals surface area contributed by atoms with Gasteiger partial charge in [-0.3, -0.25) is 4.79 Å². The van der Waals surface area contributed by atoms with Gasteiger partial charge in [0, 0.05) is 17.5 Å². The fourth-order valence-electron chi connectivity index (χ4n) is 3.27. The molecule has 0 atom stereocenters. The topological polar surface area (TPSA) is 60.5 Å². The Balaban J connectivity index is 1.48. The maximum absolute atomic E-state index is 12.1. The third kappa shape index (κ3) is 3.15. The van der Waals surface area contributed by atoms with Crippen LogP contribution in [0.25, 0.3) is 10.9 Å². The molecule has 0 saturated heterocycles. The van der Waals surface area contributed by atoms with E-state index in [0.717, 1.165) is 45.8 Å². The lowest BCUT2D eigenvalue weighted by atomic mass is 10.1. The van der Waals surface area contributed by atoms with Crippen LogP contribution in [0.4, 0.5) is 0 Å². The number of amides is 1. The van der Waals surface area contributed by atoms with E-state index in [2.05, 4.69) is 11.4 Å². The first-order valence-electron chi connectivity index (χ1n) is 8.32. The molecular formula is C18H20N2O3S. The molecule has 1 aromatic heterocycles. The van der Waals surface area contributed by atoms with Crippen molar-refractivity contribution in [3.63, 3.8) is 0 Å². The number of pyridine rings is 1. The van der Waals surface area contributed by atoms with E-state index in [-0.39, 0.29) is 12.7 Å². The van der Waals surface area contributed by atoms with Gasteiger partial charge in [0.15, 0.2) is 11.5 Å². The first-order chi connectivity index (χ1) is 11.7. The number of hydrogen-bond acceptors (Lipinski definition) is 5. The second-order valence-corrected chi connectivity index (χ2v) is 7.31. The Bertz CT molecular complexity index is 787. The molecule has 1 fully saturated rings. The fraction of sp³-hybridized carbons (Fsp3) is 0.444. The fourth-order valence-corrected chi connectivity index (χ4v) is 4.07. The van der Waals surface area contributed by atoms with Crippen molar-refractivity contribution in [3.8, 4) is 11.5 Å². The molecule has 1 N–H and O–H groups in total. The predicted molar refractivity (Wildman–Crippen MR) is 93.7 cm³/mol. The number of hydrogen-bond donors (Lipinski definition) is 1. The number of aryl methyl sites for hydroxylation is 1. The van der Waals surface area contributed by atoms with Crippen LogP contribution in [0.5, 0.6) is 11.5 Å². The lowest BCUT2D eigenvalue weighted by molar-refractivity contribution is -0.119. The smallest absolute Gasteiger partial charge is 0.231 e. The van der Waals surface area contributed by atoms with E-state index in [1.165, 1.54) is 24.6 Å². The van der Waals surface area contributed by atoms with E-state index >= 15 is 0 Å². The van der Waals surface area contributed by atoms with Crippen LogP contribution >= 0.6 is 11.8 Å². The van der Waals surface area contributed by atoms with E-state index in [1.54, 1.807) is 0 Å². The Morgan fingerprint density at radius 2 is 2.00 bits per heavy atom. The molecule has 1 aromatic carbocycles. The molecule has 24 heavy (non-hydrogen) atoms. The van der Waals surface area contributed by atoms with Gasteiger partial charge in [0.05, 0.1) is 11.3 Å². The summed E-state index contributed by atoms with van der Waals surface area (Å²) in [5, 5.41) is 5.03. The SMILES string of the molecule is Cc1cc2cc3c(cc2nc1SCC(=O)NC1CCCC1)OCO3. The molecule has 0 unspecified atom stereocenters. The Morgan fingerprint density at radius 3 is 2.79 bits per heavy atom. The largest absolute Gasteiger partial charge is 0.454 e. The van der Waals surface area contributed by atoms with Crippen molar-refractivity contribution in [1.29, 1.82) is 0 Å². The number of nitrogens with one attached hydrogen (secondary N) is 1. The maximum atomic E-state index is 12.1. The number of carbonyl (C=O) groups is 1. The minimum absolute atomic E-state index is 0.0962. The molecule has 1 aliphatic carbocycles. The Hall–Kier alpha value is -1.95. The monoisotopic (exact) mass is 344 g/mol. The average molecular weight is 344 g/mol. The normalized spacial score (nSPS) is 16.7. The van der Waals surface area contributed by atoms with Crippen molar-refractivity contribution in [1.82, 2.24) is 10.3 Å². The molecule has 0 radical (unpaired) electrons. The van der Waals surface area contributed by atoms with Gasteiger partial charge in [-0.05, 0) is 37.5 Å². The van der Waals surface area contributed by atoms with Gasteiger partial charge in [-0.25, -0.2) is 4.98 Å². The zero-order chi connectivity index (χ0) is 16.5. The Labute approximate surface area is 145 Å². The molecule has 2 aliphatic rings. The first kappa shape index (κ1) is 15.6. The molecule has 1 amide bonds. The van der Waals surface area contributed by atoms with E-state index in [9.17, 15) is 4.79 Å². The standard InChI is InChI=1S/C18H20N2O3S/c1-11-6-12-7-15-16(23-10-22-15)8-14(12)20-18(11)24-9-17(21)19-13-4-2-3-5-13/h6-8,13H,2-5,9-10H2,1H3,(H,19,21). The number of nitrogens with zero attached hydrogens (tertiary/aromatic N) is 1. The third-order valence-corrected chi connectivity index (χ3v) is 5.61. The van der Waals surface area contributed by atoms with Gasteiger partial charge in [-0.1, -0.05) is 24.6 Å². The number of benzene rings is 1. The Morgan fingerprint density at radius 1 is 1.25 bits per heavy atom. The summed E-state index contributed by atoms with van der Waals surface area (Å²) in [4.78, 5) is 16.8. The van der Waals surface area contributed by atoms with Crippen LogP contribution in [0.3, 0.4) is 0 Å². The second kappa shape index (κ2) is 6.51. The van der Waals surface area contributed by atoms with Crippen LogP contribution in [0.1, 0.15) is 31.2 Å². The molecule has 126 valence electrons. The summed E-state index contributed by atoms with van der Waals surface area (Å²) in [7, 11) is 0. The number of fused-ring (bicyclic) bond motifs is 2. The molecule has 1 saturated carbocycles. The summed E-state index contributed by atoms with van der Waals surface area (Å²) >= 11 is 1.49. The number of ether oxygens (including phenoxy) is 2. The van der Waals surface area contributed by atoms with Crippen LogP contribution in [-0.2, 0) is 4.79 Å². The summed E-state index contributed by atoms with van der Waals surface area (Å²) in [6.07, 6.45) is 4.66. The summed E-state index contributed by atoms with van der Waals surface area (Å²) in [5.41, 5.74) is 1.93. The zero-order valence-corrected chi connectivity index (χ0v) is 14.4. The third-order valence-electron chi connectivity index (χ3n) is 4.51. The summed E-state index contributed by atoms with van der Waals surface area (Å²) in [6.45, 7) is 2.28. The van der Waals surface area contributed by atoms with E-state index in [4.69, 9.17) is 14.5 Å². The van der Waals surface area contributed by atoms with E-state index < -0.39 is 0 Å². The molecular weight excluding hydrogens is 324 g/mol. The van der Waals surface area contributed by atoms with Crippen LogP contribution in [0.2, 0.25) is 0 Å².